The maximum absolute atomic E-state index is 5.36. The van der Waals surface area contributed by atoms with Crippen molar-refractivity contribution < 1.29 is 0 Å². The quantitative estimate of drug-likeness (QED) is 0.160. The van der Waals surface area contributed by atoms with Crippen LogP contribution >= 0.6 is 0 Å². The maximum atomic E-state index is 5.36. The molecule has 0 aliphatic heterocycles. The van der Waals surface area contributed by atoms with E-state index in [9.17, 15) is 0 Å². The van der Waals surface area contributed by atoms with Crippen molar-refractivity contribution in [1.82, 2.24) is 23.7 Å². The van der Waals surface area contributed by atoms with Crippen LogP contribution in [-0.2, 0) is 0 Å². The largest absolute Gasteiger partial charge is 0.316 e. The van der Waals surface area contributed by atoms with Crippen molar-refractivity contribution in [3.8, 4) is 62.1 Å². The summed E-state index contributed by atoms with van der Waals surface area (Å²) < 4.78 is 7.11. The highest BCUT2D eigenvalue weighted by molar-refractivity contribution is 6.28. The first-order valence-corrected chi connectivity index (χ1v) is 23.5. The van der Waals surface area contributed by atoms with Gasteiger partial charge in [-0.2, -0.15) is 0 Å². The molecule has 5 nitrogen and oxygen atoms in total. The van der Waals surface area contributed by atoms with Crippen LogP contribution in [0.3, 0.4) is 0 Å². The van der Waals surface area contributed by atoms with Crippen molar-refractivity contribution in [2.75, 3.05) is 0 Å². The Morgan fingerprint density at radius 3 is 1.67 bits per heavy atom. The zero-order valence-corrected chi connectivity index (χ0v) is 37.4. The summed E-state index contributed by atoms with van der Waals surface area (Å²) in [5.41, 5.74) is 15.5. The Morgan fingerprint density at radius 2 is 0.884 bits per heavy atom. The Labute approximate surface area is 398 Å². The predicted octanol–water partition coefficient (Wildman–Crippen LogP) is 16.4. The minimum atomic E-state index is 0.677. The minimum Gasteiger partial charge on any atom is -0.316 e. The van der Waals surface area contributed by atoms with Crippen molar-refractivity contribution in [2.45, 2.75) is 0 Å². The van der Waals surface area contributed by atoms with Crippen molar-refractivity contribution >= 4 is 65.3 Å². The fraction of sp³-hybridized carbons (Fsp3) is 0. The SMILES string of the molecule is c1ccc(-c2ccc(-c3cc(-n4c5ccccc5c5ccc(-n6ccc7c8c9c%10ccccc%10ccc9n(-c9cccc(-c%10ccccc%10)c9)c8ccc76)cc54)nc(-c4ccccc4)n3)cc2)cc1. The van der Waals surface area contributed by atoms with E-state index in [0.29, 0.717) is 5.82 Å². The average Bonchev–Trinajstić information content (AvgIpc) is 4.12. The van der Waals surface area contributed by atoms with Gasteiger partial charge in [0.2, 0.25) is 0 Å². The summed E-state index contributed by atoms with van der Waals surface area (Å²) in [5.74, 6) is 1.49. The first-order chi connectivity index (χ1) is 34.2. The molecule has 0 bridgehead atoms. The standard InChI is InChI=1S/C64H41N5/c1-4-15-42(16-5-1)44-27-29-46(30-28-44)55-41-61(66-64(65-55)47-20-8-3-9-21-47)69-57-26-13-12-25-52(57)53-33-32-49(40-60(53)69)67-38-37-54-56(67)35-36-59-63(54)62-51-24-11-10-19-45(51)31-34-58(62)68(59)50-23-14-22-48(39-50)43-17-6-2-7-18-43/h1-41H. The van der Waals surface area contributed by atoms with E-state index >= 15 is 0 Å². The molecule has 0 N–H and O–H groups in total. The molecule has 4 aromatic heterocycles. The smallest absolute Gasteiger partial charge is 0.162 e. The van der Waals surface area contributed by atoms with Gasteiger partial charge in [-0.15, -0.1) is 0 Å². The van der Waals surface area contributed by atoms with Gasteiger partial charge in [-0.25, -0.2) is 9.97 Å². The van der Waals surface area contributed by atoms with Crippen LogP contribution in [0.5, 0.6) is 0 Å². The second-order valence-corrected chi connectivity index (χ2v) is 17.8. The topological polar surface area (TPSA) is 40.6 Å². The lowest BCUT2D eigenvalue weighted by Gasteiger charge is -2.13. The van der Waals surface area contributed by atoms with E-state index in [4.69, 9.17) is 9.97 Å². The van der Waals surface area contributed by atoms with Gasteiger partial charge in [-0.1, -0.05) is 182 Å². The molecule has 0 aliphatic carbocycles. The molecule has 10 aromatic carbocycles. The van der Waals surface area contributed by atoms with Gasteiger partial charge in [0.25, 0.3) is 0 Å². The van der Waals surface area contributed by atoms with E-state index in [1.807, 2.05) is 18.2 Å². The summed E-state index contributed by atoms with van der Waals surface area (Å²) >= 11 is 0. The van der Waals surface area contributed by atoms with E-state index in [0.717, 1.165) is 61.5 Å². The molecule has 0 amide bonds. The number of para-hydroxylation sites is 1. The summed E-state index contributed by atoms with van der Waals surface area (Å²) in [6.07, 6.45) is 2.23. The number of nitrogens with zero attached hydrogens (tertiary/aromatic N) is 5. The lowest BCUT2D eigenvalue weighted by atomic mass is 10.0. The first kappa shape index (κ1) is 38.9. The van der Waals surface area contributed by atoms with Gasteiger partial charge in [0.1, 0.15) is 5.82 Å². The van der Waals surface area contributed by atoms with Gasteiger partial charge in [-0.3, -0.25) is 4.57 Å². The van der Waals surface area contributed by atoms with E-state index in [1.165, 1.54) is 60.0 Å². The normalized spacial score (nSPS) is 11.8. The highest BCUT2D eigenvalue weighted by Crippen LogP contribution is 2.43. The summed E-state index contributed by atoms with van der Waals surface area (Å²) in [6, 6.07) is 87.0. The van der Waals surface area contributed by atoms with Gasteiger partial charge < -0.3 is 9.13 Å². The van der Waals surface area contributed by atoms with Crippen LogP contribution in [0.4, 0.5) is 0 Å². The molecule has 0 saturated carbocycles. The molecule has 0 atom stereocenters. The number of hydrogen-bond acceptors (Lipinski definition) is 2. The van der Waals surface area contributed by atoms with Crippen LogP contribution in [0.15, 0.2) is 249 Å². The first-order valence-electron chi connectivity index (χ1n) is 23.5. The Morgan fingerprint density at radius 1 is 0.290 bits per heavy atom. The number of benzene rings is 10. The maximum Gasteiger partial charge on any atom is 0.162 e. The highest BCUT2D eigenvalue weighted by atomic mass is 15.1. The van der Waals surface area contributed by atoms with Crippen LogP contribution in [0.25, 0.3) is 127 Å². The summed E-state index contributed by atoms with van der Waals surface area (Å²) in [5, 5.41) is 8.52. The van der Waals surface area contributed by atoms with E-state index in [2.05, 4.69) is 244 Å². The Bertz CT molecular complexity index is 4280. The average molecular weight is 880 g/mol. The molecule has 0 radical (unpaired) electrons. The van der Waals surface area contributed by atoms with Gasteiger partial charge >= 0.3 is 0 Å². The number of aromatic nitrogens is 5. The van der Waals surface area contributed by atoms with Crippen molar-refractivity contribution in [1.29, 1.82) is 0 Å². The lowest BCUT2D eigenvalue weighted by Crippen LogP contribution is -2.03. The second-order valence-electron chi connectivity index (χ2n) is 17.8. The Hall–Kier alpha value is -9.32. The van der Waals surface area contributed by atoms with Crippen LogP contribution in [0, 0.1) is 0 Å². The van der Waals surface area contributed by atoms with E-state index in [1.54, 1.807) is 0 Å². The van der Waals surface area contributed by atoms with Gasteiger partial charge in [0, 0.05) is 61.7 Å². The van der Waals surface area contributed by atoms with Gasteiger partial charge in [0.05, 0.1) is 33.3 Å². The molecule has 0 fully saturated rings. The molecule has 0 aliphatic rings. The van der Waals surface area contributed by atoms with Crippen LogP contribution in [-0.4, -0.2) is 23.7 Å². The summed E-state index contributed by atoms with van der Waals surface area (Å²) in [4.78, 5) is 10.6. The predicted molar refractivity (Wildman–Crippen MR) is 287 cm³/mol. The number of rotatable bonds is 7. The highest BCUT2D eigenvalue weighted by Gasteiger charge is 2.21. The van der Waals surface area contributed by atoms with Crippen molar-refractivity contribution in [3.05, 3.63) is 249 Å². The zero-order chi connectivity index (χ0) is 45.4. The number of hydrogen-bond donors (Lipinski definition) is 0. The molecule has 0 saturated heterocycles. The Balaban J connectivity index is 0.965. The van der Waals surface area contributed by atoms with Crippen LogP contribution < -0.4 is 0 Å². The molecule has 5 heteroatoms. The Kier molecular flexibility index (Phi) is 8.83. The van der Waals surface area contributed by atoms with Crippen molar-refractivity contribution in [2.24, 2.45) is 0 Å². The minimum absolute atomic E-state index is 0.677. The van der Waals surface area contributed by atoms with Gasteiger partial charge in [-0.05, 0) is 87.6 Å². The molecule has 322 valence electrons. The summed E-state index contributed by atoms with van der Waals surface area (Å²) in [6.45, 7) is 0. The van der Waals surface area contributed by atoms with E-state index in [-0.39, 0.29) is 0 Å². The molecular formula is C64H41N5. The van der Waals surface area contributed by atoms with Crippen molar-refractivity contribution in [3.63, 3.8) is 0 Å². The third-order valence-electron chi connectivity index (χ3n) is 13.9. The third kappa shape index (κ3) is 6.32. The number of fused-ring (bicyclic) bond motifs is 10. The molecule has 69 heavy (non-hydrogen) atoms. The van der Waals surface area contributed by atoms with E-state index < -0.39 is 0 Å². The molecule has 0 unspecified atom stereocenters. The van der Waals surface area contributed by atoms with Gasteiger partial charge in [0.15, 0.2) is 5.82 Å². The monoisotopic (exact) mass is 879 g/mol. The lowest BCUT2D eigenvalue weighted by molar-refractivity contribution is 1.04. The molecular weight excluding hydrogens is 839 g/mol. The van der Waals surface area contributed by atoms with Crippen LogP contribution in [0.2, 0.25) is 0 Å². The fourth-order valence-electron chi connectivity index (χ4n) is 10.7. The fourth-order valence-corrected chi connectivity index (χ4v) is 10.7. The second kappa shape index (κ2) is 15.7. The third-order valence-corrected chi connectivity index (χ3v) is 13.9. The molecule has 4 heterocycles. The van der Waals surface area contributed by atoms with Crippen LogP contribution in [0.1, 0.15) is 0 Å². The summed E-state index contributed by atoms with van der Waals surface area (Å²) in [7, 11) is 0. The molecule has 0 spiro atoms. The molecule has 14 rings (SSSR count). The zero-order valence-electron chi connectivity index (χ0n) is 37.4. The molecule has 14 aromatic rings.